The van der Waals surface area contributed by atoms with Gasteiger partial charge in [0.05, 0.1) is 29.7 Å². The predicted molar refractivity (Wildman–Crippen MR) is 99.4 cm³/mol. The Bertz CT molecular complexity index is 975. The van der Waals surface area contributed by atoms with Crippen LogP contribution in [0.5, 0.6) is 5.75 Å². The van der Waals surface area contributed by atoms with Gasteiger partial charge in [-0.1, -0.05) is 30.3 Å². The fourth-order valence-corrected chi connectivity index (χ4v) is 2.86. The summed E-state index contributed by atoms with van der Waals surface area (Å²) >= 11 is 0. The summed E-state index contributed by atoms with van der Waals surface area (Å²) in [6.45, 7) is 3.67. The number of ether oxygens (including phenoxy) is 1. The summed E-state index contributed by atoms with van der Waals surface area (Å²) in [5, 5.41) is 4.48. The molecule has 0 bridgehead atoms. The van der Waals surface area contributed by atoms with Crippen molar-refractivity contribution in [3.63, 3.8) is 0 Å². The summed E-state index contributed by atoms with van der Waals surface area (Å²) in [4.78, 5) is 12.7. The zero-order chi connectivity index (χ0) is 18.7. The Hall–Kier alpha value is -3.21. The minimum absolute atomic E-state index is 0.168. The van der Waals surface area contributed by atoms with Crippen LogP contribution in [0.2, 0.25) is 0 Å². The van der Waals surface area contributed by atoms with Gasteiger partial charge in [-0.15, -0.1) is 0 Å². The number of methoxy groups -OCH3 is 1. The number of rotatable bonds is 5. The number of carbonyl (C=O) groups is 1. The topological polar surface area (TPSA) is 44.1 Å². The van der Waals surface area contributed by atoms with Crippen LogP contribution in [0, 0.1) is 19.7 Å². The second-order valence-corrected chi connectivity index (χ2v) is 5.88. The number of halogens is 1. The molecule has 0 aliphatic heterocycles. The number of aromatic nitrogens is 2. The van der Waals surface area contributed by atoms with Crippen LogP contribution in [0.15, 0.2) is 54.6 Å². The number of para-hydroxylation sites is 1. The number of hydrogen-bond donors (Lipinski definition) is 0. The second kappa shape index (κ2) is 7.35. The van der Waals surface area contributed by atoms with E-state index in [2.05, 4.69) is 5.10 Å². The van der Waals surface area contributed by atoms with E-state index in [0.717, 1.165) is 11.4 Å². The third-order valence-electron chi connectivity index (χ3n) is 4.14. The summed E-state index contributed by atoms with van der Waals surface area (Å²) in [5.41, 5.74) is 3.46. The van der Waals surface area contributed by atoms with Crippen molar-refractivity contribution in [2.75, 3.05) is 7.11 Å². The SMILES string of the molecule is COc1ccc(C=CC(=O)c2c(C)nn(-c3ccccc3)c2C)cc1F. The molecule has 1 aromatic heterocycles. The van der Waals surface area contributed by atoms with Crippen LogP contribution in [-0.2, 0) is 0 Å². The Morgan fingerprint density at radius 1 is 1.15 bits per heavy atom. The molecule has 3 aromatic rings. The summed E-state index contributed by atoms with van der Waals surface area (Å²) in [5.74, 6) is -0.464. The van der Waals surface area contributed by atoms with E-state index < -0.39 is 5.82 Å². The smallest absolute Gasteiger partial charge is 0.189 e. The van der Waals surface area contributed by atoms with Gasteiger partial charge in [0.1, 0.15) is 0 Å². The normalized spacial score (nSPS) is 11.1. The highest BCUT2D eigenvalue weighted by molar-refractivity contribution is 6.08. The van der Waals surface area contributed by atoms with Crippen molar-refractivity contribution in [2.45, 2.75) is 13.8 Å². The summed E-state index contributed by atoms with van der Waals surface area (Å²) in [7, 11) is 1.41. The Balaban J connectivity index is 1.89. The molecule has 0 saturated heterocycles. The number of nitrogens with zero attached hydrogens (tertiary/aromatic N) is 2. The number of benzene rings is 2. The van der Waals surface area contributed by atoms with E-state index in [0.29, 0.717) is 16.8 Å². The molecule has 1 heterocycles. The highest BCUT2D eigenvalue weighted by atomic mass is 19.1. The van der Waals surface area contributed by atoms with Gasteiger partial charge in [0.25, 0.3) is 0 Å². The lowest BCUT2D eigenvalue weighted by molar-refractivity contribution is 0.104. The third kappa shape index (κ3) is 3.42. The van der Waals surface area contributed by atoms with E-state index in [9.17, 15) is 9.18 Å². The molecule has 0 aliphatic carbocycles. The summed E-state index contributed by atoms with van der Waals surface area (Å²) in [6.07, 6.45) is 3.02. The number of ketones is 1. The summed E-state index contributed by atoms with van der Waals surface area (Å²) < 4.78 is 20.4. The van der Waals surface area contributed by atoms with Gasteiger partial charge in [-0.3, -0.25) is 4.79 Å². The maximum Gasteiger partial charge on any atom is 0.189 e. The van der Waals surface area contributed by atoms with E-state index in [1.165, 1.54) is 25.3 Å². The van der Waals surface area contributed by atoms with Gasteiger partial charge in [0.2, 0.25) is 0 Å². The fraction of sp³-hybridized carbons (Fsp3) is 0.143. The molecule has 4 nitrogen and oxygen atoms in total. The minimum atomic E-state index is -0.466. The van der Waals surface area contributed by atoms with Crippen molar-refractivity contribution in [1.82, 2.24) is 9.78 Å². The van der Waals surface area contributed by atoms with Crippen molar-refractivity contribution >= 4 is 11.9 Å². The number of hydrogen-bond acceptors (Lipinski definition) is 3. The van der Waals surface area contributed by atoms with E-state index in [1.807, 2.05) is 37.3 Å². The maximum absolute atomic E-state index is 13.8. The molecule has 132 valence electrons. The fourth-order valence-electron chi connectivity index (χ4n) is 2.86. The van der Waals surface area contributed by atoms with Crippen LogP contribution >= 0.6 is 0 Å². The first-order valence-corrected chi connectivity index (χ1v) is 8.19. The van der Waals surface area contributed by atoms with Crippen molar-refractivity contribution in [3.05, 3.63) is 82.9 Å². The molecule has 0 fully saturated rings. The first-order valence-electron chi connectivity index (χ1n) is 8.19. The van der Waals surface area contributed by atoms with Crippen LogP contribution in [0.3, 0.4) is 0 Å². The number of aryl methyl sites for hydroxylation is 1. The lowest BCUT2D eigenvalue weighted by atomic mass is 10.1. The van der Waals surface area contributed by atoms with E-state index in [1.54, 1.807) is 23.7 Å². The molecule has 0 amide bonds. The third-order valence-corrected chi connectivity index (χ3v) is 4.14. The van der Waals surface area contributed by atoms with Crippen LogP contribution < -0.4 is 4.74 Å². The highest BCUT2D eigenvalue weighted by Crippen LogP contribution is 2.21. The average molecular weight is 350 g/mol. The van der Waals surface area contributed by atoms with Crippen LogP contribution in [0.1, 0.15) is 27.3 Å². The van der Waals surface area contributed by atoms with E-state index in [-0.39, 0.29) is 11.5 Å². The molecule has 0 N–H and O–H groups in total. The maximum atomic E-state index is 13.8. The Morgan fingerprint density at radius 2 is 1.88 bits per heavy atom. The van der Waals surface area contributed by atoms with Crippen molar-refractivity contribution in [2.24, 2.45) is 0 Å². The molecular weight excluding hydrogens is 331 g/mol. The molecule has 0 aliphatic rings. The van der Waals surface area contributed by atoms with Crippen molar-refractivity contribution in [1.29, 1.82) is 0 Å². The van der Waals surface area contributed by atoms with Gasteiger partial charge in [-0.25, -0.2) is 9.07 Å². The molecule has 5 heteroatoms. The summed E-state index contributed by atoms with van der Waals surface area (Å²) in [6, 6.07) is 14.2. The van der Waals surface area contributed by atoms with Gasteiger partial charge in [0, 0.05) is 0 Å². The first kappa shape index (κ1) is 17.6. The van der Waals surface area contributed by atoms with Gasteiger partial charge in [0.15, 0.2) is 17.3 Å². The standard InChI is InChI=1S/C21H19FN2O2/c1-14-21(15(2)24(23-14)17-7-5-4-6-8-17)19(25)11-9-16-10-12-20(26-3)18(22)13-16/h4-13H,1-3H3. The van der Waals surface area contributed by atoms with Crippen LogP contribution in [-0.4, -0.2) is 22.7 Å². The second-order valence-electron chi connectivity index (χ2n) is 5.88. The van der Waals surface area contributed by atoms with Gasteiger partial charge < -0.3 is 4.74 Å². The quantitative estimate of drug-likeness (QED) is 0.501. The minimum Gasteiger partial charge on any atom is -0.494 e. The molecule has 0 radical (unpaired) electrons. The van der Waals surface area contributed by atoms with Crippen molar-refractivity contribution in [3.8, 4) is 11.4 Å². The zero-order valence-electron chi connectivity index (χ0n) is 14.9. The number of allylic oxidation sites excluding steroid dienone is 1. The lowest BCUT2D eigenvalue weighted by Gasteiger charge is -2.04. The van der Waals surface area contributed by atoms with Gasteiger partial charge >= 0.3 is 0 Å². The average Bonchev–Trinajstić information content (AvgIpc) is 2.95. The molecule has 0 unspecified atom stereocenters. The Labute approximate surface area is 151 Å². The molecule has 26 heavy (non-hydrogen) atoms. The number of carbonyl (C=O) groups excluding carboxylic acids is 1. The molecule has 3 rings (SSSR count). The zero-order valence-corrected chi connectivity index (χ0v) is 14.9. The molecular formula is C21H19FN2O2. The Kier molecular flexibility index (Phi) is 4.98. The molecule has 0 spiro atoms. The van der Waals surface area contributed by atoms with Crippen molar-refractivity contribution < 1.29 is 13.9 Å². The highest BCUT2D eigenvalue weighted by Gasteiger charge is 2.17. The lowest BCUT2D eigenvalue weighted by Crippen LogP contribution is -2.01. The Morgan fingerprint density at radius 3 is 2.54 bits per heavy atom. The van der Waals surface area contributed by atoms with Crippen LogP contribution in [0.25, 0.3) is 11.8 Å². The predicted octanol–water partition coefficient (Wildman–Crippen LogP) is 4.53. The van der Waals surface area contributed by atoms with E-state index in [4.69, 9.17) is 4.74 Å². The largest absolute Gasteiger partial charge is 0.494 e. The van der Waals surface area contributed by atoms with E-state index >= 15 is 0 Å². The van der Waals surface area contributed by atoms with Crippen LogP contribution in [0.4, 0.5) is 4.39 Å². The molecule has 0 atom stereocenters. The molecule has 0 saturated carbocycles. The molecule has 2 aromatic carbocycles. The first-order chi connectivity index (χ1) is 12.5. The van der Waals surface area contributed by atoms with Gasteiger partial charge in [-0.05, 0) is 49.8 Å². The van der Waals surface area contributed by atoms with Gasteiger partial charge in [-0.2, -0.15) is 5.10 Å². The monoisotopic (exact) mass is 350 g/mol.